The summed E-state index contributed by atoms with van der Waals surface area (Å²) in [4.78, 5) is 12.1. The Kier molecular flexibility index (Phi) is 4.04. The van der Waals surface area contributed by atoms with E-state index in [2.05, 4.69) is 5.32 Å². The minimum absolute atomic E-state index is 0.0284. The molecule has 0 saturated carbocycles. The van der Waals surface area contributed by atoms with E-state index >= 15 is 0 Å². The van der Waals surface area contributed by atoms with Gasteiger partial charge in [0.05, 0.1) is 12.3 Å². The average molecular weight is 287 g/mol. The zero-order valence-corrected chi connectivity index (χ0v) is 11.8. The Balaban J connectivity index is 1.57. The van der Waals surface area contributed by atoms with Crippen molar-refractivity contribution in [2.24, 2.45) is 0 Å². The molecule has 0 saturated heterocycles. The Hall–Kier alpha value is -2.10. The third-order valence-corrected chi connectivity index (χ3v) is 3.97. The molecule has 0 bridgehead atoms. The normalized spacial score (nSPS) is 17.3. The Morgan fingerprint density at radius 2 is 2.19 bits per heavy atom. The number of aryl methyl sites for hydroxylation is 2. The third kappa shape index (κ3) is 3.15. The third-order valence-electron chi connectivity index (χ3n) is 3.97. The van der Waals surface area contributed by atoms with E-state index in [9.17, 15) is 9.18 Å². The topological polar surface area (TPSA) is 42.2 Å². The fourth-order valence-electron chi connectivity index (χ4n) is 2.85. The zero-order chi connectivity index (χ0) is 14.7. The highest BCUT2D eigenvalue weighted by molar-refractivity contribution is 5.76. The van der Waals surface area contributed by atoms with Crippen LogP contribution in [0.5, 0.6) is 0 Å². The second-order valence-electron chi connectivity index (χ2n) is 5.40. The molecule has 1 heterocycles. The van der Waals surface area contributed by atoms with Crippen LogP contribution in [0.1, 0.15) is 42.2 Å². The molecule has 1 atom stereocenters. The van der Waals surface area contributed by atoms with Gasteiger partial charge in [-0.05, 0) is 37.0 Å². The summed E-state index contributed by atoms with van der Waals surface area (Å²) in [5.74, 6) is 0.679. The number of fused-ring (bicyclic) bond motifs is 1. The Labute approximate surface area is 123 Å². The molecule has 1 aromatic heterocycles. The van der Waals surface area contributed by atoms with Crippen LogP contribution in [0.15, 0.2) is 41.0 Å². The van der Waals surface area contributed by atoms with E-state index in [0.717, 1.165) is 30.6 Å². The molecule has 1 aliphatic rings. The van der Waals surface area contributed by atoms with Gasteiger partial charge in [0.15, 0.2) is 0 Å². The summed E-state index contributed by atoms with van der Waals surface area (Å²) in [5, 5.41) is 3.03. The van der Waals surface area contributed by atoms with Crippen molar-refractivity contribution in [1.29, 1.82) is 0 Å². The predicted molar refractivity (Wildman–Crippen MR) is 77.3 cm³/mol. The molecule has 0 radical (unpaired) electrons. The van der Waals surface area contributed by atoms with Gasteiger partial charge in [-0.1, -0.05) is 18.2 Å². The molecular formula is C17H18FNO2. The van der Waals surface area contributed by atoms with Crippen LogP contribution in [-0.4, -0.2) is 5.91 Å². The fraction of sp³-hybridized carbons (Fsp3) is 0.353. The van der Waals surface area contributed by atoms with Crippen molar-refractivity contribution in [3.63, 3.8) is 0 Å². The molecule has 1 N–H and O–H groups in total. The molecule has 4 heteroatoms. The number of carbonyl (C=O) groups is 1. The number of carbonyl (C=O) groups excluding carboxylic acids is 1. The van der Waals surface area contributed by atoms with Gasteiger partial charge in [-0.15, -0.1) is 0 Å². The van der Waals surface area contributed by atoms with Crippen LogP contribution in [0.3, 0.4) is 0 Å². The van der Waals surface area contributed by atoms with Crippen LogP contribution in [-0.2, 0) is 17.6 Å². The van der Waals surface area contributed by atoms with E-state index in [4.69, 9.17) is 4.42 Å². The minimum atomic E-state index is -0.250. The van der Waals surface area contributed by atoms with Gasteiger partial charge in [-0.25, -0.2) is 4.39 Å². The van der Waals surface area contributed by atoms with E-state index in [1.807, 2.05) is 6.07 Å². The van der Waals surface area contributed by atoms with Gasteiger partial charge in [-0.2, -0.15) is 0 Å². The largest absolute Gasteiger partial charge is 0.469 e. The number of rotatable bonds is 4. The smallest absolute Gasteiger partial charge is 0.220 e. The van der Waals surface area contributed by atoms with Gasteiger partial charge in [0.2, 0.25) is 5.91 Å². The lowest BCUT2D eigenvalue weighted by atomic mass is 9.93. The van der Waals surface area contributed by atoms with Crippen molar-refractivity contribution < 1.29 is 13.6 Å². The van der Waals surface area contributed by atoms with Crippen LogP contribution < -0.4 is 5.32 Å². The standard InChI is InChI=1S/C17H18FNO2/c18-14-5-2-1-4-12(14)8-9-17(20)19-15-6-3-7-16-13(15)10-11-21-16/h1-2,4-5,10-11,15H,3,6-9H2,(H,19,20). The Morgan fingerprint density at radius 1 is 1.33 bits per heavy atom. The Bertz CT molecular complexity index is 635. The average Bonchev–Trinajstić information content (AvgIpc) is 2.96. The predicted octanol–water partition coefficient (Wildman–Crippen LogP) is 3.55. The van der Waals surface area contributed by atoms with Crippen LogP contribution >= 0.6 is 0 Å². The number of hydrogen-bond acceptors (Lipinski definition) is 2. The number of furan rings is 1. The molecule has 0 spiro atoms. The van der Waals surface area contributed by atoms with Gasteiger partial charge < -0.3 is 9.73 Å². The molecule has 3 rings (SSSR count). The second kappa shape index (κ2) is 6.12. The SMILES string of the molecule is O=C(CCc1ccccc1F)NC1CCCc2occc21. The first-order valence-electron chi connectivity index (χ1n) is 7.33. The number of nitrogens with one attached hydrogen (secondary N) is 1. The first-order chi connectivity index (χ1) is 10.2. The van der Waals surface area contributed by atoms with Crippen LogP contribution in [0, 0.1) is 5.82 Å². The number of benzene rings is 1. The zero-order valence-electron chi connectivity index (χ0n) is 11.8. The van der Waals surface area contributed by atoms with E-state index in [0.29, 0.717) is 18.4 Å². The summed E-state index contributed by atoms with van der Waals surface area (Å²) in [6.07, 6.45) is 5.27. The highest BCUT2D eigenvalue weighted by Crippen LogP contribution is 2.30. The quantitative estimate of drug-likeness (QED) is 0.934. The van der Waals surface area contributed by atoms with Crippen molar-refractivity contribution in [2.45, 2.75) is 38.1 Å². The molecule has 0 aliphatic heterocycles. The van der Waals surface area contributed by atoms with Crippen LogP contribution in [0.25, 0.3) is 0 Å². The van der Waals surface area contributed by atoms with Gasteiger partial charge >= 0.3 is 0 Å². The van der Waals surface area contributed by atoms with E-state index in [-0.39, 0.29) is 17.8 Å². The van der Waals surface area contributed by atoms with Crippen molar-refractivity contribution in [1.82, 2.24) is 5.32 Å². The molecule has 1 aromatic carbocycles. The highest BCUT2D eigenvalue weighted by atomic mass is 19.1. The van der Waals surface area contributed by atoms with E-state index in [1.54, 1.807) is 24.5 Å². The molecule has 1 amide bonds. The second-order valence-corrected chi connectivity index (χ2v) is 5.40. The monoisotopic (exact) mass is 287 g/mol. The van der Waals surface area contributed by atoms with E-state index < -0.39 is 0 Å². The molecule has 21 heavy (non-hydrogen) atoms. The molecular weight excluding hydrogens is 269 g/mol. The van der Waals surface area contributed by atoms with Gasteiger partial charge in [0, 0.05) is 18.4 Å². The summed E-state index contributed by atoms with van der Waals surface area (Å²) in [5.41, 5.74) is 1.67. The maximum absolute atomic E-state index is 13.5. The molecule has 0 fully saturated rings. The van der Waals surface area contributed by atoms with Gasteiger partial charge in [0.1, 0.15) is 11.6 Å². The Morgan fingerprint density at radius 3 is 3.05 bits per heavy atom. The lowest BCUT2D eigenvalue weighted by Gasteiger charge is -2.22. The maximum Gasteiger partial charge on any atom is 0.220 e. The summed E-state index contributed by atoms with van der Waals surface area (Å²) in [7, 11) is 0. The summed E-state index contributed by atoms with van der Waals surface area (Å²) >= 11 is 0. The van der Waals surface area contributed by atoms with Crippen molar-refractivity contribution in [3.8, 4) is 0 Å². The van der Waals surface area contributed by atoms with Gasteiger partial charge in [0.25, 0.3) is 0 Å². The summed E-state index contributed by atoms with van der Waals surface area (Å²) in [6.45, 7) is 0. The molecule has 1 unspecified atom stereocenters. The fourth-order valence-corrected chi connectivity index (χ4v) is 2.85. The van der Waals surface area contributed by atoms with E-state index in [1.165, 1.54) is 6.07 Å². The van der Waals surface area contributed by atoms with Crippen molar-refractivity contribution in [3.05, 3.63) is 59.3 Å². The number of hydrogen-bond donors (Lipinski definition) is 1. The summed E-state index contributed by atoms with van der Waals surface area (Å²) in [6, 6.07) is 8.54. The summed E-state index contributed by atoms with van der Waals surface area (Å²) < 4.78 is 18.9. The molecule has 110 valence electrons. The van der Waals surface area contributed by atoms with Gasteiger partial charge in [-0.3, -0.25) is 4.79 Å². The highest BCUT2D eigenvalue weighted by Gasteiger charge is 2.23. The van der Waals surface area contributed by atoms with Crippen molar-refractivity contribution in [2.75, 3.05) is 0 Å². The lowest BCUT2D eigenvalue weighted by molar-refractivity contribution is -0.121. The minimum Gasteiger partial charge on any atom is -0.469 e. The number of amides is 1. The molecule has 3 nitrogen and oxygen atoms in total. The molecule has 1 aliphatic carbocycles. The first kappa shape index (κ1) is 13.9. The lowest BCUT2D eigenvalue weighted by Crippen LogP contribution is -2.30. The molecule has 2 aromatic rings. The first-order valence-corrected chi connectivity index (χ1v) is 7.33. The van der Waals surface area contributed by atoms with Crippen LogP contribution in [0.4, 0.5) is 4.39 Å². The van der Waals surface area contributed by atoms with Crippen LogP contribution in [0.2, 0.25) is 0 Å². The number of halogens is 1. The van der Waals surface area contributed by atoms with Crippen molar-refractivity contribution >= 4 is 5.91 Å². The maximum atomic E-state index is 13.5.